The summed E-state index contributed by atoms with van der Waals surface area (Å²) >= 11 is 0. The fourth-order valence-corrected chi connectivity index (χ4v) is 4.74. The molecule has 3 aromatic rings. The van der Waals surface area contributed by atoms with E-state index in [1.54, 1.807) is 48.9 Å². The number of para-hydroxylation sites is 1. The van der Waals surface area contributed by atoms with Crippen LogP contribution in [-0.2, 0) is 27.8 Å². The molecule has 164 valence electrons. The van der Waals surface area contributed by atoms with E-state index in [1.807, 2.05) is 36.7 Å². The molecule has 0 aliphatic heterocycles. The average Bonchev–Trinajstić information content (AvgIpc) is 3.29. The van der Waals surface area contributed by atoms with Gasteiger partial charge in [0.2, 0.25) is 5.91 Å². The van der Waals surface area contributed by atoms with E-state index in [0.29, 0.717) is 18.7 Å². The number of hydrogen-bond acceptors (Lipinski definition) is 4. The Labute approximate surface area is 183 Å². The number of hydrogen-bond donors (Lipinski definition) is 1. The fourth-order valence-electron chi connectivity index (χ4n) is 3.28. The first kappa shape index (κ1) is 22.6. The molecule has 1 amide bonds. The van der Waals surface area contributed by atoms with E-state index >= 15 is 0 Å². The summed E-state index contributed by atoms with van der Waals surface area (Å²) in [4.78, 5) is 16.8. The number of nitrogens with zero attached hydrogens (tertiary/aromatic N) is 3. The van der Waals surface area contributed by atoms with Gasteiger partial charge in [-0.15, -0.1) is 0 Å². The van der Waals surface area contributed by atoms with Gasteiger partial charge in [-0.2, -0.15) is 0 Å². The normalized spacial score (nSPS) is 11.3. The van der Waals surface area contributed by atoms with Crippen LogP contribution in [0.2, 0.25) is 0 Å². The maximum absolute atomic E-state index is 13.5. The molecule has 2 aromatic carbocycles. The minimum absolute atomic E-state index is 0.164. The second kappa shape index (κ2) is 10.3. The Balaban J connectivity index is 1.79. The van der Waals surface area contributed by atoms with Crippen molar-refractivity contribution in [3.63, 3.8) is 0 Å². The van der Waals surface area contributed by atoms with Crippen LogP contribution in [0.4, 0.5) is 5.69 Å². The van der Waals surface area contributed by atoms with Crippen LogP contribution in [0.1, 0.15) is 24.5 Å². The summed E-state index contributed by atoms with van der Waals surface area (Å²) in [5, 5.41) is 2.84. The zero-order valence-electron chi connectivity index (χ0n) is 17.9. The lowest BCUT2D eigenvalue weighted by atomic mass is 10.1. The molecule has 7 nitrogen and oxygen atoms in total. The minimum Gasteiger partial charge on any atom is -0.354 e. The SMILES string of the molecule is CCc1ccccc1N(CC(=O)NCCCn1ccnc1)S(=O)(=O)c1ccc(C)cc1. The molecule has 8 heteroatoms. The van der Waals surface area contributed by atoms with Crippen LogP contribution in [0.15, 0.2) is 72.1 Å². The van der Waals surface area contributed by atoms with Gasteiger partial charge < -0.3 is 9.88 Å². The number of aromatic nitrogens is 2. The van der Waals surface area contributed by atoms with Gasteiger partial charge in [0.25, 0.3) is 10.0 Å². The second-order valence-electron chi connectivity index (χ2n) is 7.31. The highest BCUT2D eigenvalue weighted by Crippen LogP contribution is 2.27. The topological polar surface area (TPSA) is 84.3 Å². The van der Waals surface area contributed by atoms with E-state index in [2.05, 4.69) is 10.3 Å². The smallest absolute Gasteiger partial charge is 0.264 e. The predicted molar refractivity (Wildman–Crippen MR) is 121 cm³/mol. The summed E-state index contributed by atoms with van der Waals surface area (Å²) in [5.74, 6) is -0.341. The molecule has 1 heterocycles. The summed E-state index contributed by atoms with van der Waals surface area (Å²) in [7, 11) is -3.90. The van der Waals surface area contributed by atoms with E-state index in [1.165, 1.54) is 4.31 Å². The van der Waals surface area contributed by atoms with Crippen LogP contribution in [0.5, 0.6) is 0 Å². The number of carbonyl (C=O) groups is 1. The molecule has 0 spiro atoms. The van der Waals surface area contributed by atoms with Crippen LogP contribution in [-0.4, -0.2) is 37.0 Å². The number of rotatable bonds is 10. The maximum Gasteiger partial charge on any atom is 0.264 e. The standard InChI is InChI=1S/C23H28N4O3S/c1-3-20-7-4-5-8-22(20)27(31(29,30)21-11-9-19(2)10-12-21)17-23(28)25-13-6-15-26-16-14-24-18-26/h4-5,7-12,14,16,18H,3,6,13,15,17H2,1-2H3,(H,25,28). The first-order chi connectivity index (χ1) is 14.9. The molecule has 0 unspecified atom stereocenters. The van der Waals surface area contributed by atoms with E-state index < -0.39 is 10.0 Å². The average molecular weight is 441 g/mol. The molecule has 0 fully saturated rings. The van der Waals surface area contributed by atoms with Gasteiger partial charge >= 0.3 is 0 Å². The van der Waals surface area contributed by atoms with Gasteiger partial charge in [0.15, 0.2) is 0 Å². The molecule has 1 N–H and O–H groups in total. The number of aryl methyl sites for hydroxylation is 3. The van der Waals surface area contributed by atoms with Crippen LogP contribution in [0.3, 0.4) is 0 Å². The highest BCUT2D eigenvalue weighted by atomic mass is 32.2. The van der Waals surface area contributed by atoms with Gasteiger partial charge in [0, 0.05) is 25.5 Å². The van der Waals surface area contributed by atoms with E-state index in [4.69, 9.17) is 0 Å². The Morgan fingerprint density at radius 2 is 1.87 bits per heavy atom. The molecule has 3 rings (SSSR count). The van der Waals surface area contributed by atoms with Crippen molar-refractivity contribution >= 4 is 21.6 Å². The van der Waals surface area contributed by atoms with Crippen LogP contribution in [0, 0.1) is 6.92 Å². The summed E-state index contributed by atoms with van der Waals surface area (Å²) < 4.78 is 30.1. The fraction of sp³-hybridized carbons (Fsp3) is 0.304. The van der Waals surface area contributed by atoms with Crippen molar-refractivity contribution < 1.29 is 13.2 Å². The first-order valence-corrected chi connectivity index (χ1v) is 11.8. The number of carbonyl (C=O) groups excluding carboxylic acids is 1. The summed E-state index contributed by atoms with van der Waals surface area (Å²) in [6, 6.07) is 14.0. The van der Waals surface area contributed by atoms with Crippen molar-refractivity contribution in [2.24, 2.45) is 0 Å². The third-order valence-electron chi connectivity index (χ3n) is 5.01. The zero-order valence-corrected chi connectivity index (χ0v) is 18.7. The Hall–Kier alpha value is -3.13. The van der Waals surface area contributed by atoms with Crippen LogP contribution in [0.25, 0.3) is 0 Å². The lowest BCUT2D eigenvalue weighted by Gasteiger charge is -2.26. The summed E-state index contributed by atoms with van der Waals surface area (Å²) in [6.45, 7) is 4.76. The molecule has 31 heavy (non-hydrogen) atoms. The van der Waals surface area contributed by atoms with Gasteiger partial charge in [-0.25, -0.2) is 13.4 Å². The van der Waals surface area contributed by atoms with E-state index in [9.17, 15) is 13.2 Å². The summed E-state index contributed by atoms with van der Waals surface area (Å²) in [5.41, 5.74) is 2.36. The molecule has 0 aliphatic rings. The minimum atomic E-state index is -3.90. The molecular formula is C23H28N4O3S. The van der Waals surface area contributed by atoms with Crippen molar-refractivity contribution in [3.05, 3.63) is 78.4 Å². The molecule has 0 aliphatic carbocycles. The van der Waals surface area contributed by atoms with Crippen molar-refractivity contribution in [1.82, 2.24) is 14.9 Å². The lowest BCUT2D eigenvalue weighted by Crippen LogP contribution is -2.41. The molecule has 0 atom stereocenters. The number of imidazole rings is 1. The van der Waals surface area contributed by atoms with Gasteiger partial charge in [-0.3, -0.25) is 9.10 Å². The highest BCUT2D eigenvalue weighted by molar-refractivity contribution is 7.92. The number of amides is 1. The predicted octanol–water partition coefficient (Wildman–Crippen LogP) is 3.16. The number of nitrogens with one attached hydrogen (secondary N) is 1. The summed E-state index contributed by atoms with van der Waals surface area (Å²) in [6.07, 6.45) is 6.66. The van der Waals surface area contributed by atoms with Crippen molar-refractivity contribution in [2.75, 3.05) is 17.4 Å². The second-order valence-corrected chi connectivity index (χ2v) is 9.17. The Morgan fingerprint density at radius 3 is 2.55 bits per heavy atom. The first-order valence-electron chi connectivity index (χ1n) is 10.3. The Morgan fingerprint density at radius 1 is 1.13 bits per heavy atom. The molecule has 0 saturated carbocycles. The Bertz CT molecular complexity index is 1090. The largest absolute Gasteiger partial charge is 0.354 e. The highest BCUT2D eigenvalue weighted by Gasteiger charge is 2.28. The Kier molecular flexibility index (Phi) is 7.46. The zero-order chi connectivity index (χ0) is 22.3. The van der Waals surface area contributed by atoms with Crippen molar-refractivity contribution in [3.8, 4) is 0 Å². The molecule has 0 bridgehead atoms. The quantitative estimate of drug-likeness (QED) is 0.491. The molecule has 0 saturated heterocycles. The molecular weight excluding hydrogens is 412 g/mol. The molecule has 0 radical (unpaired) electrons. The third-order valence-corrected chi connectivity index (χ3v) is 6.79. The monoisotopic (exact) mass is 440 g/mol. The van der Waals surface area contributed by atoms with Gasteiger partial charge in [0.05, 0.1) is 16.9 Å². The lowest BCUT2D eigenvalue weighted by molar-refractivity contribution is -0.119. The van der Waals surface area contributed by atoms with Crippen molar-refractivity contribution in [1.29, 1.82) is 0 Å². The third kappa shape index (κ3) is 5.73. The molecule has 1 aromatic heterocycles. The number of benzene rings is 2. The van der Waals surface area contributed by atoms with Gasteiger partial charge in [0.1, 0.15) is 6.54 Å². The van der Waals surface area contributed by atoms with E-state index in [-0.39, 0.29) is 17.3 Å². The van der Waals surface area contributed by atoms with Crippen molar-refractivity contribution in [2.45, 2.75) is 38.1 Å². The van der Waals surface area contributed by atoms with Gasteiger partial charge in [-0.05, 0) is 43.5 Å². The number of sulfonamides is 1. The van der Waals surface area contributed by atoms with E-state index in [0.717, 1.165) is 24.1 Å². The van der Waals surface area contributed by atoms with Gasteiger partial charge in [-0.1, -0.05) is 42.8 Å². The maximum atomic E-state index is 13.5. The van der Waals surface area contributed by atoms with Crippen LogP contribution < -0.4 is 9.62 Å². The number of anilines is 1. The van der Waals surface area contributed by atoms with Crippen LogP contribution >= 0.6 is 0 Å².